The number of anilines is 1. The van der Waals surface area contributed by atoms with Gasteiger partial charge in [0.25, 0.3) is 0 Å². The number of amides is 1. The first-order chi connectivity index (χ1) is 8.01. The Balaban J connectivity index is 2.15. The Bertz CT molecular complexity index is 442. The molecule has 92 valence electrons. The van der Waals surface area contributed by atoms with E-state index in [4.69, 9.17) is 0 Å². The lowest BCUT2D eigenvalue weighted by atomic mass is 9.99. The van der Waals surface area contributed by atoms with Crippen molar-refractivity contribution in [2.24, 2.45) is 0 Å². The van der Waals surface area contributed by atoms with Crippen LogP contribution in [0.3, 0.4) is 0 Å². The molecule has 1 aromatic rings. The first-order valence-corrected chi connectivity index (χ1v) is 6.35. The summed E-state index contributed by atoms with van der Waals surface area (Å²) in [5.74, 6) is -0.0356. The first kappa shape index (κ1) is 12.4. The van der Waals surface area contributed by atoms with Gasteiger partial charge in [0.15, 0.2) is 0 Å². The molecule has 0 spiro atoms. The summed E-state index contributed by atoms with van der Waals surface area (Å²) >= 11 is 3.31. The van der Waals surface area contributed by atoms with Crippen LogP contribution in [-0.4, -0.2) is 23.1 Å². The second-order valence-corrected chi connectivity index (χ2v) is 5.39. The number of carbonyl (C=O) groups excluding carboxylic acids is 1. The molecule has 0 aromatic heterocycles. The molecule has 1 amide bonds. The van der Waals surface area contributed by atoms with Gasteiger partial charge in [0.05, 0.1) is 11.2 Å². The Labute approximate surface area is 109 Å². The number of benzene rings is 1. The SMILES string of the molecule is CC1(C(=O)Nc2cc(Br)ccc2O)CCCN1. The highest BCUT2D eigenvalue weighted by molar-refractivity contribution is 9.10. The molecule has 0 aliphatic carbocycles. The molecule has 1 fully saturated rings. The molecule has 0 saturated carbocycles. The number of phenols is 1. The smallest absolute Gasteiger partial charge is 0.244 e. The van der Waals surface area contributed by atoms with Crippen molar-refractivity contribution in [1.82, 2.24) is 5.32 Å². The van der Waals surface area contributed by atoms with E-state index in [1.807, 2.05) is 6.92 Å². The van der Waals surface area contributed by atoms with E-state index in [9.17, 15) is 9.90 Å². The van der Waals surface area contributed by atoms with E-state index >= 15 is 0 Å². The largest absolute Gasteiger partial charge is 0.506 e. The Hall–Kier alpha value is -1.07. The monoisotopic (exact) mass is 298 g/mol. The van der Waals surface area contributed by atoms with E-state index < -0.39 is 5.54 Å². The second kappa shape index (κ2) is 4.66. The summed E-state index contributed by atoms with van der Waals surface area (Å²) in [5, 5.41) is 15.6. The van der Waals surface area contributed by atoms with Gasteiger partial charge in [0.1, 0.15) is 5.75 Å². The predicted octanol–water partition coefficient (Wildman–Crippen LogP) is 2.24. The summed E-state index contributed by atoms with van der Waals surface area (Å²) in [6.45, 7) is 2.73. The highest BCUT2D eigenvalue weighted by Gasteiger charge is 2.36. The number of hydrogen-bond donors (Lipinski definition) is 3. The van der Waals surface area contributed by atoms with Gasteiger partial charge in [-0.25, -0.2) is 0 Å². The first-order valence-electron chi connectivity index (χ1n) is 5.56. The van der Waals surface area contributed by atoms with Crippen LogP contribution in [0.4, 0.5) is 5.69 Å². The minimum atomic E-state index is -0.533. The van der Waals surface area contributed by atoms with Crippen LogP contribution < -0.4 is 10.6 Å². The molecule has 1 atom stereocenters. The molecule has 1 aromatic carbocycles. The summed E-state index contributed by atoms with van der Waals surface area (Å²) in [6.07, 6.45) is 1.81. The van der Waals surface area contributed by atoms with Crippen LogP contribution in [-0.2, 0) is 4.79 Å². The molecule has 1 aliphatic rings. The van der Waals surface area contributed by atoms with E-state index in [0.717, 1.165) is 23.9 Å². The second-order valence-electron chi connectivity index (χ2n) is 4.48. The third kappa shape index (κ3) is 2.61. The molecule has 4 nitrogen and oxygen atoms in total. The van der Waals surface area contributed by atoms with Crippen LogP contribution in [0.1, 0.15) is 19.8 Å². The summed E-state index contributed by atoms with van der Waals surface area (Å²) in [4.78, 5) is 12.1. The molecule has 1 aliphatic heterocycles. The fraction of sp³-hybridized carbons (Fsp3) is 0.417. The van der Waals surface area contributed by atoms with Crippen LogP contribution in [0.25, 0.3) is 0 Å². The molecule has 1 saturated heterocycles. The molecular weight excluding hydrogens is 284 g/mol. The van der Waals surface area contributed by atoms with Crippen LogP contribution in [0.15, 0.2) is 22.7 Å². The molecule has 0 bridgehead atoms. The molecule has 17 heavy (non-hydrogen) atoms. The number of halogens is 1. The maximum Gasteiger partial charge on any atom is 0.244 e. The van der Waals surface area contributed by atoms with Crippen LogP contribution >= 0.6 is 15.9 Å². The van der Waals surface area contributed by atoms with E-state index in [0.29, 0.717) is 5.69 Å². The summed E-state index contributed by atoms with van der Waals surface area (Å²) in [5.41, 5.74) is -0.103. The van der Waals surface area contributed by atoms with Gasteiger partial charge in [-0.15, -0.1) is 0 Å². The lowest BCUT2D eigenvalue weighted by Crippen LogP contribution is -2.47. The van der Waals surface area contributed by atoms with Gasteiger partial charge in [-0.05, 0) is 44.5 Å². The quantitative estimate of drug-likeness (QED) is 0.734. The number of rotatable bonds is 2. The Morgan fingerprint density at radius 3 is 3.00 bits per heavy atom. The third-order valence-electron chi connectivity index (χ3n) is 3.08. The van der Waals surface area contributed by atoms with Gasteiger partial charge >= 0.3 is 0 Å². The summed E-state index contributed by atoms with van der Waals surface area (Å²) in [7, 11) is 0. The number of carbonyl (C=O) groups is 1. The van der Waals surface area contributed by atoms with Gasteiger partial charge in [-0.3, -0.25) is 4.79 Å². The average Bonchev–Trinajstić information content (AvgIpc) is 2.72. The van der Waals surface area contributed by atoms with Crippen molar-refractivity contribution >= 4 is 27.5 Å². The Kier molecular flexibility index (Phi) is 3.40. The Morgan fingerprint density at radius 2 is 2.35 bits per heavy atom. The molecule has 1 heterocycles. The molecule has 1 unspecified atom stereocenters. The van der Waals surface area contributed by atoms with Gasteiger partial charge < -0.3 is 15.7 Å². The van der Waals surface area contributed by atoms with E-state index in [-0.39, 0.29) is 11.7 Å². The zero-order valence-electron chi connectivity index (χ0n) is 9.59. The van der Waals surface area contributed by atoms with E-state index in [1.54, 1.807) is 18.2 Å². The summed E-state index contributed by atoms with van der Waals surface area (Å²) in [6, 6.07) is 4.95. The highest BCUT2D eigenvalue weighted by Crippen LogP contribution is 2.28. The van der Waals surface area contributed by atoms with Crippen LogP contribution in [0.5, 0.6) is 5.75 Å². The van der Waals surface area contributed by atoms with E-state index in [2.05, 4.69) is 26.6 Å². The van der Waals surface area contributed by atoms with Gasteiger partial charge in [0, 0.05) is 4.47 Å². The van der Waals surface area contributed by atoms with Crippen LogP contribution in [0, 0.1) is 0 Å². The number of aromatic hydroxyl groups is 1. The predicted molar refractivity (Wildman–Crippen MR) is 70.1 cm³/mol. The fourth-order valence-corrected chi connectivity index (χ4v) is 2.32. The van der Waals surface area contributed by atoms with Crippen molar-refractivity contribution in [3.63, 3.8) is 0 Å². The maximum atomic E-state index is 12.1. The molecule has 5 heteroatoms. The summed E-state index contributed by atoms with van der Waals surface area (Å²) < 4.78 is 0.815. The average molecular weight is 299 g/mol. The van der Waals surface area contributed by atoms with Crippen molar-refractivity contribution in [3.8, 4) is 5.75 Å². The minimum Gasteiger partial charge on any atom is -0.506 e. The zero-order valence-corrected chi connectivity index (χ0v) is 11.2. The lowest BCUT2D eigenvalue weighted by molar-refractivity contribution is -0.121. The fourth-order valence-electron chi connectivity index (χ4n) is 1.96. The molecule has 0 radical (unpaired) electrons. The van der Waals surface area contributed by atoms with Crippen molar-refractivity contribution in [2.45, 2.75) is 25.3 Å². The van der Waals surface area contributed by atoms with Crippen molar-refractivity contribution in [2.75, 3.05) is 11.9 Å². The minimum absolute atomic E-state index is 0.0724. The van der Waals surface area contributed by atoms with Gasteiger partial charge in [0.2, 0.25) is 5.91 Å². The zero-order chi connectivity index (χ0) is 12.5. The maximum absolute atomic E-state index is 12.1. The van der Waals surface area contributed by atoms with Gasteiger partial charge in [-0.1, -0.05) is 15.9 Å². The van der Waals surface area contributed by atoms with Crippen LogP contribution in [0.2, 0.25) is 0 Å². The molecular formula is C12H15BrN2O2. The number of phenolic OH excluding ortho intramolecular Hbond substituents is 1. The third-order valence-corrected chi connectivity index (χ3v) is 3.57. The standard InChI is InChI=1S/C12H15BrN2O2/c1-12(5-2-6-14-12)11(17)15-9-7-8(13)3-4-10(9)16/h3-4,7,14,16H,2,5-6H2,1H3,(H,15,17). The van der Waals surface area contributed by atoms with Gasteiger partial charge in [-0.2, -0.15) is 0 Å². The van der Waals surface area contributed by atoms with E-state index in [1.165, 1.54) is 0 Å². The number of hydrogen-bond acceptors (Lipinski definition) is 3. The normalized spacial score (nSPS) is 23.6. The number of nitrogens with one attached hydrogen (secondary N) is 2. The molecule has 2 rings (SSSR count). The van der Waals surface area contributed by atoms with Crippen molar-refractivity contribution in [3.05, 3.63) is 22.7 Å². The van der Waals surface area contributed by atoms with Crippen molar-refractivity contribution < 1.29 is 9.90 Å². The molecule has 3 N–H and O–H groups in total. The lowest BCUT2D eigenvalue weighted by Gasteiger charge is -2.23. The highest BCUT2D eigenvalue weighted by atomic mass is 79.9. The van der Waals surface area contributed by atoms with Crippen molar-refractivity contribution in [1.29, 1.82) is 0 Å². The topological polar surface area (TPSA) is 61.4 Å². The Morgan fingerprint density at radius 1 is 1.59 bits per heavy atom.